The van der Waals surface area contributed by atoms with Crippen LogP contribution in [0.2, 0.25) is 0 Å². The molecule has 2 atom stereocenters. The molecule has 2 saturated heterocycles. The maximum atomic E-state index is 5.30. The number of hydrogen-bond acceptors (Lipinski definition) is 2. The van der Waals surface area contributed by atoms with Crippen LogP contribution in [-0.4, -0.2) is 36.7 Å². The largest absolute Gasteiger partial charge is 0.372 e. The fourth-order valence-electron chi connectivity index (χ4n) is 2.43. The van der Waals surface area contributed by atoms with E-state index in [1.54, 1.807) is 0 Å². The van der Waals surface area contributed by atoms with Crippen molar-refractivity contribution in [1.82, 2.24) is 4.90 Å². The lowest BCUT2D eigenvalue weighted by Crippen LogP contribution is -2.44. The predicted octanol–water partition coefficient (Wildman–Crippen LogP) is 1.90. The Kier molecular flexibility index (Phi) is 2.89. The topological polar surface area (TPSA) is 15.8 Å². The highest BCUT2D eigenvalue weighted by molar-refractivity contribution is 4.84. The molecule has 0 N–H and O–H groups in total. The van der Waals surface area contributed by atoms with Crippen LogP contribution in [0, 0.1) is 5.92 Å². The van der Waals surface area contributed by atoms with Crippen LogP contribution in [-0.2, 0) is 4.74 Å². The first-order valence-corrected chi connectivity index (χ1v) is 5.63. The van der Waals surface area contributed by atoms with Crippen molar-refractivity contribution in [2.75, 3.05) is 19.7 Å². The highest BCUT2D eigenvalue weighted by Gasteiger charge is 2.31. The molecule has 0 aromatic rings. The van der Waals surface area contributed by atoms with E-state index in [1.807, 2.05) is 0 Å². The van der Waals surface area contributed by atoms with Gasteiger partial charge in [0.25, 0.3) is 0 Å². The van der Waals surface area contributed by atoms with Gasteiger partial charge in [-0.3, -0.25) is 4.90 Å². The molecule has 0 aromatic heterocycles. The third-order valence-electron chi connectivity index (χ3n) is 3.27. The van der Waals surface area contributed by atoms with E-state index in [0.29, 0.717) is 6.10 Å². The Balaban J connectivity index is 1.87. The van der Waals surface area contributed by atoms with E-state index in [-0.39, 0.29) is 0 Å². The van der Waals surface area contributed by atoms with Crippen molar-refractivity contribution in [1.29, 1.82) is 0 Å². The Morgan fingerprint density at radius 2 is 2.15 bits per heavy atom. The van der Waals surface area contributed by atoms with Crippen molar-refractivity contribution in [2.24, 2.45) is 5.92 Å². The molecule has 2 aliphatic rings. The first kappa shape index (κ1) is 9.47. The lowest BCUT2D eigenvalue weighted by Gasteiger charge is -2.37. The molecule has 2 heterocycles. The molecule has 2 rings (SSSR count). The number of hydrogen-bond donors (Lipinski definition) is 0. The summed E-state index contributed by atoms with van der Waals surface area (Å²) in [5.41, 5.74) is 0. The van der Waals surface area contributed by atoms with Crippen molar-refractivity contribution in [3.05, 3.63) is 0 Å². The monoisotopic (exact) mass is 183 g/mol. The van der Waals surface area contributed by atoms with Gasteiger partial charge in [0.1, 0.15) is 0 Å². The Hall–Kier alpha value is -0.0800. The number of epoxide rings is 1. The average molecular weight is 183 g/mol. The van der Waals surface area contributed by atoms with Gasteiger partial charge in [0.2, 0.25) is 0 Å². The molecular formula is C11H21NO. The number of piperidine rings is 1. The normalized spacial score (nSPS) is 35.3. The Morgan fingerprint density at radius 3 is 2.77 bits per heavy atom. The van der Waals surface area contributed by atoms with Crippen LogP contribution >= 0.6 is 0 Å². The van der Waals surface area contributed by atoms with Crippen molar-refractivity contribution in [2.45, 2.75) is 45.3 Å². The first-order chi connectivity index (χ1) is 6.27. The molecular weight excluding hydrogens is 162 g/mol. The van der Waals surface area contributed by atoms with Gasteiger partial charge in [-0.05, 0) is 25.3 Å². The van der Waals surface area contributed by atoms with Crippen molar-refractivity contribution >= 4 is 0 Å². The summed E-state index contributed by atoms with van der Waals surface area (Å²) < 4.78 is 5.30. The van der Waals surface area contributed by atoms with E-state index >= 15 is 0 Å². The summed E-state index contributed by atoms with van der Waals surface area (Å²) in [7, 11) is 0. The predicted molar refractivity (Wildman–Crippen MR) is 53.8 cm³/mol. The van der Waals surface area contributed by atoms with E-state index < -0.39 is 0 Å². The third kappa shape index (κ3) is 2.44. The molecule has 0 saturated carbocycles. The second-order valence-electron chi connectivity index (χ2n) is 4.76. The van der Waals surface area contributed by atoms with Crippen LogP contribution in [0.5, 0.6) is 0 Å². The van der Waals surface area contributed by atoms with Crippen LogP contribution < -0.4 is 0 Å². The first-order valence-electron chi connectivity index (χ1n) is 5.63. The molecule has 2 fully saturated rings. The Morgan fingerprint density at radius 1 is 1.38 bits per heavy atom. The molecule has 76 valence electrons. The molecule has 0 radical (unpaired) electrons. The van der Waals surface area contributed by atoms with Crippen LogP contribution in [0.1, 0.15) is 33.1 Å². The Bertz CT molecular complexity index is 165. The summed E-state index contributed by atoms with van der Waals surface area (Å²) in [5.74, 6) is 0.805. The fraction of sp³-hybridized carbons (Fsp3) is 1.00. The molecule has 2 unspecified atom stereocenters. The summed E-state index contributed by atoms with van der Waals surface area (Å²) in [4.78, 5) is 2.64. The molecule has 0 bridgehead atoms. The maximum absolute atomic E-state index is 5.30. The minimum Gasteiger partial charge on any atom is -0.372 e. The SMILES string of the molecule is CC(C)C1CCCCN1CC1CO1. The van der Waals surface area contributed by atoms with Gasteiger partial charge in [-0.2, -0.15) is 0 Å². The molecule has 0 amide bonds. The standard InChI is InChI=1S/C11H21NO/c1-9(2)11-5-3-4-6-12(11)7-10-8-13-10/h9-11H,3-8H2,1-2H3. The van der Waals surface area contributed by atoms with Gasteiger partial charge in [0, 0.05) is 12.6 Å². The molecule has 2 nitrogen and oxygen atoms in total. The lowest BCUT2D eigenvalue weighted by atomic mass is 9.93. The van der Waals surface area contributed by atoms with Gasteiger partial charge >= 0.3 is 0 Å². The van der Waals surface area contributed by atoms with Gasteiger partial charge in [-0.1, -0.05) is 20.3 Å². The van der Waals surface area contributed by atoms with Crippen LogP contribution in [0.15, 0.2) is 0 Å². The van der Waals surface area contributed by atoms with E-state index in [1.165, 1.54) is 32.4 Å². The Labute approximate surface area is 81.3 Å². The molecule has 0 aromatic carbocycles. The van der Waals surface area contributed by atoms with Crippen LogP contribution in [0.4, 0.5) is 0 Å². The number of likely N-dealkylation sites (tertiary alicyclic amines) is 1. The van der Waals surface area contributed by atoms with Gasteiger partial charge in [0.05, 0.1) is 12.7 Å². The van der Waals surface area contributed by atoms with E-state index in [0.717, 1.165) is 18.6 Å². The second kappa shape index (κ2) is 3.97. The highest BCUT2D eigenvalue weighted by atomic mass is 16.6. The van der Waals surface area contributed by atoms with Crippen LogP contribution in [0.25, 0.3) is 0 Å². The molecule has 2 aliphatic heterocycles. The third-order valence-corrected chi connectivity index (χ3v) is 3.27. The van der Waals surface area contributed by atoms with Gasteiger partial charge in [0.15, 0.2) is 0 Å². The molecule has 13 heavy (non-hydrogen) atoms. The van der Waals surface area contributed by atoms with Gasteiger partial charge < -0.3 is 4.74 Å². The zero-order chi connectivity index (χ0) is 9.26. The molecule has 2 heteroatoms. The molecule has 0 aliphatic carbocycles. The summed E-state index contributed by atoms with van der Waals surface area (Å²) in [6, 6.07) is 0.818. The van der Waals surface area contributed by atoms with Crippen molar-refractivity contribution in [3.63, 3.8) is 0 Å². The summed E-state index contributed by atoms with van der Waals surface area (Å²) >= 11 is 0. The maximum Gasteiger partial charge on any atom is 0.0936 e. The summed E-state index contributed by atoms with van der Waals surface area (Å²) in [6.07, 6.45) is 4.77. The van der Waals surface area contributed by atoms with Crippen molar-refractivity contribution in [3.8, 4) is 0 Å². The zero-order valence-electron chi connectivity index (χ0n) is 8.83. The number of rotatable bonds is 3. The minimum atomic E-state index is 0.569. The minimum absolute atomic E-state index is 0.569. The lowest BCUT2D eigenvalue weighted by molar-refractivity contribution is 0.103. The van der Waals surface area contributed by atoms with Gasteiger partial charge in [-0.25, -0.2) is 0 Å². The van der Waals surface area contributed by atoms with E-state index in [2.05, 4.69) is 18.7 Å². The quantitative estimate of drug-likeness (QED) is 0.621. The molecule has 0 spiro atoms. The van der Waals surface area contributed by atoms with E-state index in [9.17, 15) is 0 Å². The van der Waals surface area contributed by atoms with Gasteiger partial charge in [-0.15, -0.1) is 0 Å². The van der Waals surface area contributed by atoms with Crippen molar-refractivity contribution < 1.29 is 4.74 Å². The smallest absolute Gasteiger partial charge is 0.0936 e. The number of ether oxygens (including phenoxy) is 1. The second-order valence-corrected chi connectivity index (χ2v) is 4.76. The number of nitrogens with zero attached hydrogens (tertiary/aromatic N) is 1. The van der Waals surface area contributed by atoms with E-state index in [4.69, 9.17) is 4.74 Å². The summed E-state index contributed by atoms with van der Waals surface area (Å²) in [5, 5.41) is 0. The van der Waals surface area contributed by atoms with Crippen LogP contribution in [0.3, 0.4) is 0 Å². The fourth-order valence-corrected chi connectivity index (χ4v) is 2.43. The average Bonchev–Trinajstić information content (AvgIpc) is 2.89. The highest BCUT2D eigenvalue weighted by Crippen LogP contribution is 2.25. The zero-order valence-corrected chi connectivity index (χ0v) is 8.83. The summed E-state index contributed by atoms with van der Waals surface area (Å²) in [6.45, 7) is 8.17.